The molecule has 0 saturated carbocycles. The number of nitrogens with zero attached hydrogens (tertiary/aromatic N) is 1. The van der Waals surface area contributed by atoms with Crippen molar-refractivity contribution in [2.24, 2.45) is 0 Å². The van der Waals surface area contributed by atoms with Crippen LogP contribution in [0.4, 0.5) is 5.69 Å². The van der Waals surface area contributed by atoms with Crippen LogP contribution in [0, 0.1) is 11.3 Å². The fourth-order valence-electron chi connectivity index (χ4n) is 3.53. The van der Waals surface area contributed by atoms with Gasteiger partial charge in [-0.25, -0.2) is 4.79 Å². The molecular weight excluding hydrogens is 499 g/mol. The molecule has 0 spiro atoms. The summed E-state index contributed by atoms with van der Waals surface area (Å²) >= 11 is 12.2. The minimum absolute atomic E-state index is 0.135. The monoisotopic (exact) mass is 516 g/mol. The van der Waals surface area contributed by atoms with Crippen LogP contribution < -0.4 is 14.8 Å². The van der Waals surface area contributed by atoms with E-state index in [1.807, 2.05) is 36.4 Å². The number of amides is 1. The fourth-order valence-corrected chi connectivity index (χ4v) is 4.03. The lowest BCUT2D eigenvalue weighted by atomic mass is 10.0. The van der Waals surface area contributed by atoms with Crippen molar-refractivity contribution < 1.29 is 19.1 Å². The molecule has 4 aromatic rings. The third-order valence-electron chi connectivity index (χ3n) is 5.28. The number of methoxy groups -OCH3 is 1. The van der Waals surface area contributed by atoms with Gasteiger partial charge in [0.2, 0.25) is 0 Å². The van der Waals surface area contributed by atoms with Gasteiger partial charge in [-0.2, -0.15) is 5.26 Å². The van der Waals surface area contributed by atoms with Gasteiger partial charge in [0, 0.05) is 0 Å². The number of hydrogen-bond donors (Lipinski definition) is 1. The van der Waals surface area contributed by atoms with Crippen molar-refractivity contribution >= 4 is 57.6 Å². The Balaban J connectivity index is 1.63. The first-order chi connectivity index (χ1) is 17.4. The van der Waals surface area contributed by atoms with E-state index in [0.29, 0.717) is 16.9 Å². The number of benzene rings is 4. The molecule has 0 saturated heterocycles. The topological polar surface area (TPSA) is 88.4 Å². The Hall–Kier alpha value is -4.31. The van der Waals surface area contributed by atoms with Gasteiger partial charge in [0.15, 0.2) is 11.5 Å². The first kappa shape index (κ1) is 24.8. The number of anilines is 1. The van der Waals surface area contributed by atoms with E-state index < -0.39 is 11.9 Å². The summed E-state index contributed by atoms with van der Waals surface area (Å²) in [7, 11) is 1.45. The third kappa shape index (κ3) is 5.33. The standard InChI is InChI=1S/C28H18Cl2N2O4/c1-35-24-13-12-17(14-19(16-31)27(33)32-26-22(29)10-5-11-23(26)30)15-25(24)36-28(34)21-9-4-7-18-6-2-3-8-20(18)21/h2-15H,1H3,(H,32,33)/b19-14+. The van der Waals surface area contributed by atoms with Crippen LogP contribution in [-0.4, -0.2) is 19.0 Å². The molecule has 0 aromatic heterocycles. The summed E-state index contributed by atoms with van der Waals surface area (Å²) in [5, 5.41) is 14.3. The molecule has 0 aliphatic heterocycles. The molecule has 4 rings (SSSR count). The van der Waals surface area contributed by atoms with Crippen LogP contribution in [0.1, 0.15) is 15.9 Å². The van der Waals surface area contributed by atoms with E-state index in [9.17, 15) is 14.9 Å². The number of carbonyl (C=O) groups excluding carboxylic acids is 2. The summed E-state index contributed by atoms with van der Waals surface area (Å²) in [5.41, 5.74) is 0.826. The molecule has 0 aliphatic rings. The molecule has 0 heterocycles. The van der Waals surface area contributed by atoms with Crippen molar-refractivity contribution in [2.75, 3.05) is 12.4 Å². The number of esters is 1. The predicted octanol–water partition coefficient (Wildman–Crippen LogP) is 6.92. The Bertz CT molecular complexity index is 1530. The first-order valence-electron chi connectivity index (χ1n) is 10.7. The van der Waals surface area contributed by atoms with Crippen molar-refractivity contribution in [3.05, 3.63) is 106 Å². The largest absolute Gasteiger partial charge is 0.493 e. The van der Waals surface area contributed by atoms with E-state index in [0.717, 1.165) is 10.8 Å². The van der Waals surface area contributed by atoms with Gasteiger partial charge in [-0.15, -0.1) is 0 Å². The number of fused-ring (bicyclic) bond motifs is 1. The number of halogens is 2. The maximum absolute atomic E-state index is 13.0. The van der Waals surface area contributed by atoms with Crippen LogP contribution >= 0.6 is 23.2 Å². The minimum atomic E-state index is -0.697. The van der Waals surface area contributed by atoms with Gasteiger partial charge in [-0.05, 0) is 52.7 Å². The lowest BCUT2D eigenvalue weighted by Gasteiger charge is -2.12. The van der Waals surface area contributed by atoms with Gasteiger partial charge < -0.3 is 14.8 Å². The van der Waals surface area contributed by atoms with Crippen molar-refractivity contribution in [3.63, 3.8) is 0 Å². The Morgan fingerprint density at radius 1 is 0.917 bits per heavy atom. The Kier molecular flexibility index (Phi) is 7.55. The summed E-state index contributed by atoms with van der Waals surface area (Å²) in [4.78, 5) is 25.7. The van der Waals surface area contributed by atoms with Crippen molar-refractivity contribution in [1.82, 2.24) is 0 Å². The number of ether oxygens (including phenoxy) is 2. The lowest BCUT2D eigenvalue weighted by Crippen LogP contribution is -2.14. The maximum atomic E-state index is 13.0. The molecule has 178 valence electrons. The number of nitriles is 1. The van der Waals surface area contributed by atoms with Crippen LogP contribution in [0.25, 0.3) is 16.8 Å². The van der Waals surface area contributed by atoms with Crippen molar-refractivity contribution in [2.45, 2.75) is 0 Å². The maximum Gasteiger partial charge on any atom is 0.344 e. The van der Waals surface area contributed by atoms with Crippen molar-refractivity contribution in [1.29, 1.82) is 5.26 Å². The van der Waals surface area contributed by atoms with Crippen molar-refractivity contribution in [3.8, 4) is 17.6 Å². The number of nitrogens with one attached hydrogen (secondary N) is 1. The van der Waals surface area contributed by atoms with E-state index >= 15 is 0 Å². The average molecular weight is 517 g/mol. The number of hydrogen-bond acceptors (Lipinski definition) is 5. The van der Waals surface area contributed by atoms with Gasteiger partial charge in [0.25, 0.3) is 5.91 Å². The molecule has 4 aromatic carbocycles. The molecule has 0 radical (unpaired) electrons. The number of carbonyl (C=O) groups is 2. The highest BCUT2D eigenvalue weighted by Gasteiger charge is 2.17. The average Bonchev–Trinajstić information content (AvgIpc) is 2.89. The summed E-state index contributed by atoms with van der Waals surface area (Å²) in [6, 6.07) is 24.2. The second-order valence-electron chi connectivity index (χ2n) is 7.55. The molecule has 1 amide bonds. The molecular formula is C28H18Cl2N2O4. The van der Waals surface area contributed by atoms with E-state index in [-0.39, 0.29) is 27.1 Å². The molecule has 0 atom stereocenters. The zero-order valence-electron chi connectivity index (χ0n) is 18.9. The Labute approximate surface area is 217 Å². The molecule has 0 aliphatic carbocycles. The lowest BCUT2D eigenvalue weighted by molar-refractivity contribution is -0.112. The van der Waals surface area contributed by atoms with E-state index in [4.69, 9.17) is 32.7 Å². The summed E-state index contributed by atoms with van der Waals surface area (Å²) in [6.07, 6.45) is 1.36. The summed E-state index contributed by atoms with van der Waals surface area (Å²) in [5.74, 6) is -0.821. The van der Waals surface area contributed by atoms with Gasteiger partial charge in [-0.3, -0.25) is 4.79 Å². The van der Waals surface area contributed by atoms with Crippen LogP contribution in [0.3, 0.4) is 0 Å². The van der Waals surface area contributed by atoms with E-state index in [1.54, 1.807) is 42.5 Å². The van der Waals surface area contributed by atoms with E-state index in [1.165, 1.54) is 19.3 Å². The number of para-hydroxylation sites is 1. The highest BCUT2D eigenvalue weighted by atomic mass is 35.5. The number of rotatable bonds is 6. The SMILES string of the molecule is COc1ccc(/C=C(\C#N)C(=O)Nc2c(Cl)cccc2Cl)cc1OC(=O)c1cccc2ccccc12. The smallest absolute Gasteiger partial charge is 0.344 e. The van der Waals surface area contributed by atoms with Gasteiger partial charge >= 0.3 is 5.97 Å². The van der Waals surface area contributed by atoms with Crippen LogP contribution in [0.15, 0.2) is 84.4 Å². The highest BCUT2D eigenvalue weighted by molar-refractivity contribution is 6.40. The Morgan fingerprint density at radius 2 is 1.61 bits per heavy atom. The zero-order chi connectivity index (χ0) is 25.7. The summed E-state index contributed by atoms with van der Waals surface area (Å²) < 4.78 is 11.0. The Morgan fingerprint density at radius 3 is 2.33 bits per heavy atom. The normalized spacial score (nSPS) is 11.0. The predicted molar refractivity (Wildman–Crippen MR) is 141 cm³/mol. The quantitative estimate of drug-likeness (QED) is 0.130. The summed E-state index contributed by atoms with van der Waals surface area (Å²) in [6.45, 7) is 0. The molecule has 8 heteroatoms. The fraction of sp³-hybridized carbons (Fsp3) is 0.0357. The van der Waals surface area contributed by atoms with Gasteiger partial charge in [0.05, 0.1) is 28.4 Å². The molecule has 0 unspecified atom stereocenters. The highest BCUT2D eigenvalue weighted by Crippen LogP contribution is 2.32. The van der Waals surface area contributed by atoms with Crippen LogP contribution in [-0.2, 0) is 4.79 Å². The first-order valence-corrected chi connectivity index (χ1v) is 11.4. The molecule has 0 bridgehead atoms. The second kappa shape index (κ2) is 11.0. The third-order valence-corrected chi connectivity index (χ3v) is 5.91. The minimum Gasteiger partial charge on any atom is -0.493 e. The van der Waals surface area contributed by atoms with E-state index in [2.05, 4.69) is 5.32 Å². The van der Waals surface area contributed by atoms with Crippen LogP contribution in [0.5, 0.6) is 11.5 Å². The van der Waals surface area contributed by atoms with Gasteiger partial charge in [-0.1, -0.05) is 71.7 Å². The molecule has 36 heavy (non-hydrogen) atoms. The van der Waals surface area contributed by atoms with Gasteiger partial charge in [0.1, 0.15) is 11.6 Å². The molecule has 6 nitrogen and oxygen atoms in total. The zero-order valence-corrected chi connectivity index (χ0v) is 20.4. The molecule has 0 fully saturated rings. The second-order valence-corrected chi connectivity index (χ2v) is 8.36. The van der Waals surface area contributed by atoms with Crippen LogP contribution in [0.2, 0.25) is 10.0 Å². The molecule has 1 N–H and O–H groups in total.